The van der Waals surface area contributed by atoms with Gasteiger partial charge in [0.2, 0.25) is 0 Å². The Labute approximate surface area is 139 Å². The Hall–Kier alpha value is -2.76. The fraction of sp³-hybridized carbons (Fsp3) is 0.333. The van der Waals surface area contributed by atoms with Gasteiger partial charge in [-0.2, -0.15) is 5.10 Å². The molecular formula is C18H19N5O. The van der Waals surface area contributed by atoms with Crippen LogP contribution in [0.15, 0.2) is 36.8 Å². The molecule has 4 rings (SSSR count). The second kappa shape index (κ2) is 5.70. The van der Waals surface area contributed by atoms with Crippen molar-refractivity contribution < 1.29 is 4.79 Å². The highest BCUT2D eigenvalue weighted by Crippen LogP contribution is 2.32. The van der Waals surface area contributed by atoms with Crippen molar-refractivity contribution >= 4 is 11.6 Å². The second-order valence-electron chi connectivity index (χ2n) is 6.42. The van der Waals surface area contributed by atoms with Gasteiger partial charge < -0.3 is 5.32 Å². The summed E-state index contributed by atoms with van der Waals surface area (Å²) in [6, 6.07) is 5.99. The molecule has 3 aromatic heterocycles. The number of fused-ring (bicyclic) bond motifs is 1. The van der Waals surface area contributed by atoms with E-state index in [0.717, 1.165) is 17.0 Å². The van der Waals surface area contributed by atoms with Crippen LogP contribution in [-0.4, -0.2) is 31.5 Å². The number of aryl methyl sites for hydroxylation is 1. The van der Waals surface area contributed by atoms with Crippen molar-refractivity contribution in [2.24, 2.45) is 5.92 Å². The predicted octanol–water partition coefficient (Wildman–Crippen LogP) is 2.63. The third kappa shape index (κ3) is 2.64. The van der Waals surface area contributed by atoms with Gasteiger partial charge in [0.05, 0.1) is 11.9 Å². The zero-order chi connectivity index (χ0) is 16.7. The molecule has 1 aliphatic rings. The van der Waals surface area contributed by atoms with E-state index in [2.05, 4.69) is 27.3 Å². The predicted molar refractivity (Wildman–Crippen MR) is 90.6 cm³/mol. The maximum atomic E-state index is 12.6. The lowest BCUT2D eigenvalue weighted by atomic mass is 10.1. The highest BCUT2D eigenvalue weighted by atomic mass is 16.1. The number of carbonyl (C=O) groups is 1. The molecular weight excluding hydrogens is 302 g/mol. The smallest absolute Gasteiger partial charge is 0.256 e. The summed E-state index contributed by atoms with van der Waals surface area (Å²) in [4.78, 5) is 21.3. The van der Waals surface area contributed by atoms with E-state index in [1.807, 2.05) is 25.1 Å². The molecule has 1 aliphatic carbocycles. The van der Waals surface area contributed by atoms with E-state index in [0.29, 0.717) is 17.1 Å². The molecule has 0 radical (unpaired) electrons. The SMILES string of the molecule is Cc1cc(-c2cccnc2)n2ncc(C(=O)N[C@@H](C)C3CC3)c2n1. The van der Waals surface area contributed by atoms with Crippen LogP contribution in [0.25, 0.3) is 16.9 Å². The zero-order valence-electron chi connectivity index (χ0n) is 13.7. The van der Waals surface area contributed by atoms with Crippen LogP contribution < -0.4 is 5.32 Å². The summed E-state index contributed by atoms with van der Waals surface area (Å²) in [6.07, 6.45) is 7.49. The Balaban J connectivity index is 1.76. The summed E-state index contributed by atoms with van der Waals surface area (Å²) < 4.78 is 1.71. The van der Waals surface area contributed by atoms with Gasteiger partial charge in [0.15, 0.2) is 5.65 Å². The van der Waals surface area contributed by atoms with Crippen molar-refractivity contribution in [3.8, 4) is 11.3 Å². The molecule has 0 aromatic carbocycles. The second-order valence-corrected chi connectivity index (χ2v) is 6.42. The van der Waals surface area contributed by atoms with Crippen molar-refractivity contribution in [3.05, 3.63) is 48.0 Å². The standard InChI is InChI=1S/C18H19N5O/c1-11-8-16(14-4-3-7-19-9-14)23-17(21-11)15(10-20-23)18(24)22-12(2)13-5-6-13/h3-4,7-10,12-13H,5-6H2,1-2H3,(H,22,24)/t12-/m0/s1. The lowest BCUT2D eigenvalue weighted by Gasteiger charge is -2.12. The summed E-state index contributed by atoms with van der Waals surface area (Å²) in [6.45, 7) is 3.97. The van der Waals surface area contributed by atoms with Crippen molar-refractivity contribution in [3.63, 3.8) is 0 Å². The minimum Gasteiger partial charge on any atom is -0.349 e. The van der Waals surface area contributed by atoms with E-state index < -0.39 is 0 Å². The molecule has 1 atom stereocenters. The van der Waals surface area contributed by atoms with Crippen LogP contribution in [0, 0.1) is 12.8 Å². The van der Waals surface area contributed by atoms with Gasteiger partial charge in [-0.25, -0.2) is 9.50 Å². The molecule has 0 unspecified atom stereocenters. The van der Waals surface area contributed by atoms with Crippen LogP contribution in [0.5, 0.6) is 0 Å². The van der Waals surface area contributed by atoms with Gasteiger partial charge >= 0.3 is 0 Å². The van der Waals surface area contributed by atoms with E-state index in [4.69, 9.17) is 0 Å². The molecule has 0 spiro atoms. The number of amides is 1. The van der Waals surface area contributed by atoms with Crippen molar-refractivity contribution in [2.75, 3.05) is 0 Å². The Morgan fingerprint density at radius 2 is 2.21 bits per heavy atom. The Bertz CT molecular complexity index is 898. The average molecular weight is 321 g/mol. The number of rotatable bonds is 4. The molecule has 1 N–H and O–H groups in total. The summed E-state index contributed by atoms with van der Waals surface area (Å²) in [5, 5.41) is 7.46. The average Bonchev–Trinajstić information content (AvgIpc) is 3.35. The molecule has 1 fully saturated rings. The molecule has 1 amide bonds. The zero-order valence-corrected chi connectivity index (χ0v) is 13.7. The minimum absolute atomic E-state index is 0.111. The number of carbonyl (C=O) groups excluding carboxylic acids is 1. The van der Waals surface area contributed by atoms with Crippen LogP contribution in [-0.2, 0) is 0 Å². The van der Waals surface area contributed by atoms with E-state index >= 15 is 0 Å². The van der Waals surface area contributed by atoms with Gasteiger partial charge in [-0.05, 0) is 50.8 Å². The lowest BCUT2D eigenvalue weighted by molar-refractivity contribution is 0.0937. The first-order chi connectivity index (χ1) is 11.6. The fourth-order valence-electron chi connectivity index (χ4n) is 2.96. The topological polar surface area (TPSA) is 72.2 Å². The Morgan fingerprint density at radius 3 is 2.92 bits per heavy atom. The van der Waals surface area contributed by atoms with Crippen LogP contribution >= 0.6 is 0 Å². The molecule has 6 heteroatoms. The highest BCUT2D eigenvalue weighted by Gasteiger charge is 2.30. The molecule has 122 valence electrons. The molecule has 0 aliphatic heterocycles. The molecule has 24 heavy (non-hydrogen) atoms. The first-order valence-corrected chi connectivity index (χ1v) is 8.20. The third-order valence-corrected chi connectivity index (χ3v) is 4.49. The van der Waals surface area contributed by atoms with Gasteiger partial charge in [-0.3, -0.25) is 9.78 Å². The quantitative estimate of drug-likeness (QED) is 0.802. The first-order valence-electron chi connectivity index (χ1n) is 8.20. The van der Waals surface area contributed by atoms with Gasteiger partial charge in [-0.15, -0.1) is 0 Å². The monoisotopic (exact) mass is 321 g/mol. The Morgan fingerprint density at radius 1 is 1.38 bits per heavy atom. The van der Waals surface area contributed by atoms with Gasteiger partial charge in [0, 0.05) is 29.7 Å². The number of pyridine rings is 1. The number of nitrogens with one attached hydrogen (secondary N) is 1. The normalized spacial score (nSPS) is 15.4. The summed E-state index contributed by atoms with van der Waals surface area (Å²) in [5.74, 6) is 0.496. The fourth-order valence-corrected chi connectivity index (χ4v) is 2.96. The van der Waals surface area contributed by atoms with E-state index in [1.54, 1.807) is 23.1 Å². The summed E-state index contributed by atoms with van der Waals surface area (Å²) in [5.41, 5.74) is 3.74. The van der Waals surface area contributed by atoms with Gasteiger partial charge in [0.25, 0.3) is 5.91 Å². The number of aromatic nitrogens is 4. The van der Waals surface area contributed by atoms with Crippen LogP contribution in [0.2, 0.25) is 0 Å². The van der Waals surface area contributed by atoms with Gasteiger partial charge in [-0.1, -0.05) is 0 Å². The third-order valence-electron chi connectivity index (χ3n) is 4.49. The van der Waals surface area contributed by atoms with Crippen molar-refractivity contribution in [1.29, 1.82) is 0 Å². The van der Waals surface area contributed by atoms with Crippen LogP contribution in [0.1, 0.15) is 35.8 Å². The molecule has 0 bridgehead atoms. The number of hydrogen-bond acceptors (Lipinski definition) is 4. The molecule has 0 saturated heterocycles. The maximum absolute atomic E-state index is 12.6. The largest absolute Gasteiger partial charge is 0.349 e. The first kappa shape index (κ1) is 14.8. The van der Waals surface area contributed by atoms with Crippen molar-refractivity contribution in [2.45, 2.75) is 32.7 Å². The lowest BCUT2D eigenvalue weighted by Crippen LogP contribution is -2.34. The van der Waals surface area contributed by atoms with Crippen molar-refractivity contribution in [1.82, 2.24) is 24.9 Å². The van der Waals surface area contributed by atoms with E-state index in [1.165, 1.54) is 12.8 Å². The summed E-state index contributed by atoms with van der Waals surface area (Å²) in [7, 11) is 0. The maximum Gasteiger partial charge on any atom is 0.256 e. The minimum atomic E-state index is -0.111. The number of hydrogen-bond donors (Lipinski definition) is 1. The van der Waals surface area contributed by atoms with Gasteiger partial charge in [0.1, 0.15) is 5.56 Å². The highest BCUT2D eigenvalue weighted by molar-refractivity contribution is 6.00. The summed E-state index contributed by atoms with van der Waals surface area (Å²) >= 11 is 0. The molecule has 6 nitrogen and oxygen atoms in total. The molecule has 3 heterocycles. The van der Waals surface area contributed by atoms with Crippen LogP contribution in [0.3, 0.4) is 0 Å². The van der Waals surface area contributed by atoms with E-state index in [-0.39, 0.29) is 11.9 Å². The molecule has 1 saturated carbocycles. The molecule has 3 aromatic rings. The number of nitrogens with zero attached hydrogens (tertiary/aromatic N) is 4. The van der Waals surface area contributed by atoms with Crippen LogP contribution in [0.4, 0.5) is 0 Å². The van der Waals surface area contributed by atoms with E-state index in [9.17, 15) is 4.79 Å². The Kier molecular flexibility index (Phi) is 3.52.